The molecule has 0 aliphatic rings. The lowest BCUT2D eigenvalue weighted by molar-refractivity contribution is 0.973. The number of nitrogens with zero attached hydrogens (tertiary/aromatic N) is 1. The molecule has 0 atom stereocenters. The number of nitrogens with one attached hydrogen (secondary N) is 1. The third kappa shape index (κ3) is 3.29. The quantitative estimate of drug-likeness (QED) is 0.843. The smallest absolute Gasteiger partial charge is 0.0542 e. The van der Waals surface area contributed by atoms with Gasteiger partial charge in [0.25, 0.3) is 0 Å². The fraction of sp³-hybridized carbons (Fsp3) is 0.214. The molecule has 0 radical (unpaired) electrons. The third-order valence-electron chi connectivity index (χ3n) is 2.60. The minimum atomic E-state index is 0.484. The molecule has 2 rings (SSSR count). The number of benzene rings is 1. The zero-order chi connectivity index (χ0) is 12.1. The molecule has 3 heteroatoms. The number of anilines is 1. The van der Waals surface area contributed by atoms with Crippen molar-refractivity contribution in [1.82, 2.24) is 4.98 Å². The fourth-order valence-electron chi connectivity index (χ4n) is 1.71. The Labute approximate surface area is 102 Å². The summed E-state index contributed by atoms with van der Waals surface area (Å²) in [7, 11) is 0. The lowest BCUT2D eigenvalue weighted by Gasteiger charge is -2.08. The van der Waals surface area contributed by atoms with Crippen molar-refractivity contribution in [2.45, 2.75) is 20.0 Å². The van der Waals surface area contributed by atoms with E-state index in [4.69, 9.17) is 5.73 Å². The molecule has 0 aliphatic heterocycles. The van der Waals surface area contributed by atoms with Crippen molar-refractivity contribution in [3.05, 3.63) is 59.4 Å². The molecular formula is C14H17N3. The molecule has 0 spiro atoms. The molecule has 1 aromatic carbocycles. The molecular weight excluding hydrogens is 210 g/mol. The minimum absolute atomic E-state index is 0.484. The lowest BCUT2D eigenvalue weighted by atomic mass is 10.2. The van der Waals surface area contributed by atoms with Crippen molar-refractivity contribution in [1.29, 1.82) is 0 Å². The molecule has 0 fully saturated rings. The zero-order valence-corrected chi connectivity index (χ0v) is 9.98. The van der Waals surface area contributed by atoms with Gasteiger partial charge >= 0.3 is 0 Å². The molecule has 1 heterocycles. The number of hydrogen-bond donors (Lipinski definition) is 2. The molecule has 3 N–H and O–H groups in total. The highest BCUT2D eigenvalue weighted by Gasteiger charge is 1.96. The summed E-state index contributed by atoms with van der Waals surface area (Å²) < 4.78 is 0. The van der Waals surface area contributed by atoms with Crippen molar-refractivity contribution < 1.29 is 0 Å². The topological polar surface area (TPSA) is 50.9 Å². The van der Waals surface area contributed by atoms with E-state index in [1.165, 1.54) is 11.1 Å². The van der Waals surface area contributed by atoms with Crippen LogP contribution in [0.2, 0.25) is 0 Å². The first kappa shape index (κ1) is 11.6. The molecule has 2 aromatic rings. The Balaban J connectivity index is 2.02. The molecule has 0 unspecified atom stereocenters. The van der Waals surface area contributed by atoms with Gasteiger partial charge in [0.1, 0.15) is 0 Å². The van der Waals surface area contributed by atoms with Crippen LogP contribution in [0.1, 0.15) is 16.8 Å². The highest BCUT2D eigenvalue weighted by Crippen LogP contribution is 2.11. The molecule has 0 aliphatic carbocycles. The van der Waals surface area contributed by atoms with Crippen LogP contribution in [-0.4, -0.2) is 4.98 Å². The average Bonchev–Trinajstić information content (AvgIpc) is 2.37. The molecule has 3 nitrogen and oxygen atoms in total. The summed E-state index contributed by atoms with van der Waals surface area (Å²) in [5.41, 5.74) is 10.1. The highest BCUT2D eigenvalue weighted by molar-refractivity contribution is 5.45. The van der Waals surface area contributed by atoms with Gasteiger partial charge in [-0.25, -0.2) is 0 Å². The molecule has 0 bridgehead atoms. The van der Waals surface area contributed by atoms with Crippen LogP contribution in [0, 0.1) is 6.92 Å². The summed E-state index contributed by atoms with van der Waals surface area (Å²) in [5, 5.41) is 3.38. The first-order valence-corrected chi connectivity index (χ1v) is 5.72. The Morgan fingerprint density at radius 2 is 2.12 bits per heavy atom. The number of aromatic nitrogens is 1. The number of rotatable bonds is 4. The van der Waals surface area contributed by atoms with E-state index in [9.17, 15) is 0 Å². The summed E-state index contributed by atoms with van der Waals surface area (Å²) in [6.45, 7) is 3.36. The van der Waals surface area contributed by atoms with Gasteiger partial charge < -0.3 is 11.1 Å². The summed E-state index contributed by atoms with van der Waals surface area (Å²) in [5.74, 6) is 0. The Morgan fingerprint density at radius 1 is 1.24 bits per heavy atom. The first-order chi connectivity index (χ1) is 8.28. The summed E-state index contributed by atoms with van der Waals surface area (Å²) in [6, 6.07) is 12.4. The van der Waals surface area contributed by atoms with E-state index < -0.39 is 0 Å². The monoisotopic (exact) mass is 227 g/mol. The summed E-state index contributed by atoms with van der Waals surface area (Å²) in [6.07, 6.45) is 1.80. The van der Waals surface area contributed by atoms with Crippen LogP contribution in [0.4, 0.5) is 5.69 Å². The number of hydrogen-bond acceptors (Lipinski definition) is 3. The maximum absolute atomic E-state index is 5.56. The van der Waals surface area contributed by atoms with Crippen LogP contribution in [0.25, 0.3) is 0 Å². The van der Waals surface area contributed by atoms with Crippen LogP contribution in [0.5, 0.6) is 0 Å². The van der Waals surface area contributed by atoms with Gasteiger partial charge in [-0.05, 0) is 42.3 Å². The number of pyridine rings is 1. The normalized spacial score (nSPS) is 10.2. The average molecular weight is 227 g/mol. The van der Waals surface area contributed by atoms with Gasteiger partial charge in [0.05, 0.1) is 5.69 Å². The van der Waals surface area contributed by atoms with E-state index in [-0.39, 0.29) is 0 Å². The van der Waals surface area contributed by atoms with E-state index >= 15 is 0 Å². The van der Waals surface area contributed by atoms with Crippen LogP contribution < -0.4 is 11.1 Å². The third-order valence-corrected chi connectivity index (χ3v) is 2.60. The Kier molecular flexibility index (Phi) is 3.73. The Bertz CT molecular complexity index is 494. The fourth-order valence-corrected chi connectivity index (χ4v) is 1.71. The van der Waals surface area contributed by atoms with Crippen molar-refractivity contribution in [3.63, 3.8) is 0 Å². The predicted molar refractivity (Wildman–Crippen MR) is 70.6 cm³/mol. The van der Waals surface area contributed by atoms with Gasteiger partial charge in [-0.1, -0.05) is 12.1 Å². The van der Waals surface area contributed by atoms with Gasteiger partial charge in [-0.15, -0.1) is 0 Å². The van der Waals surface area contributed by atoms with E-state index in [0.717, 1.165) is 17.9 Å². The highest BCUT2D eigenvalue weighted by atomic mass is 14.9. The Hall–Kier alpha value is -1.87. The van der Waals surface area contributed by atoms with Crippen LogP contribution >= 0.6 is 0 Å². The molecule has 1 aromatic heterocycles. The van der Waals surface area contributed by atoms with Crippen molar-refractivity contribution in [2.24, 2.45) is 5.73 Å². The maximum Gasteiger partial charge on any atom is 0.0542 e. The van der Waals surface area contributed by atoms with E-state index in [1.54, 1.807) is 6.20 Å². The second kappa shape index (κ2) is 5.46. The molecule has 17 heavy (non-hydrogen) atoms. The molecule has 0 amide bonds. The van der Waals surface area contributed by atoms with Gasteiger partial charge in [0.2, 0.25) is 0 Å². The van der Waals surface area contributed by atoms with Gasteiger partial charge in [0, 0.05) is 25.0 Å². The van der Waals surface area contributed by atoms with Crippen LogP contribution in [0.3, 0.4) is 0 Å². The molecule has 0 saturated carbocycles. The minimum Gasteiger partial charge on any atom is -0.381 e. The van der Waals surface area contributed by atoms with Crippen molar-refractivity contribution in [3.8, 4) is 0 Å². The standard InChI is InChI=1S/C14H17N3/c1-11-3-2-4-13(7-11)17-10-12-5-6-16-14(8-12)9-15/h2-8,17H,9-10,15H2,1H3. The Morgan fingerprint density at radius 3 is 2.88 bits per heavy atom. The summed E-state index contributed by atoms with van der Waals surface area (Å²) in [4.78, 5) is 4.17. The number of aryl methyl sites for hydroxylation is 1. The van der Waals surface area contributed by atoms with Crippen molar-refractivity contribution in [2.75, 3.05) is 5.32 Å². The van der Waals surface area contributed by atoms with Gasteiger partial charge in [-0.3, -0.25) is 4.98 Å². The lowest BCUT2D eigenvalue weighted by Crippen LogP contribution is -2.03. The summed E-state index contributed by atoms with van der Waals surface area (Å²) >= 11 is 0. The zero-order valence-electron chi connectivity index (χ0n) is 9.98. The second-order valence-electron chi connectivity index (χ2n) is 4.08. The largest absolute Gasteiger partial charge is 0.381 e. The SMILES string of the molecule is Cc1cccc(NCc2ccnc(CN)c2)c1. The van der Waals surface area contributed by atoms with Gasteiger partial charge in [0.15, 0.2) is 0 Å². The van der Waals surface area contributed by atoms with Gasteiger partial charge in [-0.2, -0.15) is 0 Å². The van der Waals surface area contributed by atoms with Crippen LogP contribution in [-0.2, 0) is 13.1 Å². The van der Waals surface area contributed by atoms with Crippen molar-refractivity contribution >= 4 is 5.69 Å². The van der Waals surface area contributed by atoms with Crippen LogP contribution in [0.15, 0.2) is 42.6 Å². The predicted octanol–water partition coefficient (Wildman–Crippen LogP) is 2.46. The van der Waals surface area contributed by atoms with E-state index in [0.29, 0.717) is 6.54 Å². The molecule has 88 valence electrons. The van der Waals surface area contributed by atoms with E-state index in [2.05, 4.69) is 41.5 Å². The first-order valence-electron chi connectivity index (χ1n) is 5.72. The second-order valence-corrected chi connectivity index (χ2v) is 4.08. The molecule has 0 saturated heterocycles. The van der Waals surface area contributed by atoms with E-state index in [1.807, 2.05) is 12.1 Å². The number of nitrogens with two attached hydrogens (primary N) is 1. The maximum atomic E-state index is 5.56.